The van der Waals surface area contributed by atoms with Crippen molar-refractivity contribution in [3.63, 3.8) is 0 Å². The number of benzene rings is 1. The van der Waals surface area contributed by atoms with Crippen LogP contribution in [0.4, 0.5) is 5.69 Å². The summed E-state index contributed by atoms with van der Waals surface area (Å²) >= 11 is 0. The number of rotatable bonds is 8. The molecule has 0 radical (unpaired) electrons. The smallest absolute Gasteiger partial charge is 0.119 e. The van der Waals surface area contributed by atoms with E-state index in [4.69, 9.17) is 4.74 Å². The average molecular weight is 235 g/mol. The lowest BCUT2D eigenvalue weighted by atomic mass is 10.1. The van der Waals surface area contributed by atoms with Crippen molar-refractivity contribution in [1.29, 1.82) is 0 Å². The van der Waals surface area contributed by atoms with Gasteiger partial charge in [-0.3, -0.25) is 0 Å². The molecule has 2 nitrogen and oxygen atoms in total. The molecule has 0 spiro atoms. The minimum Gasteiger partial charge on any atom is -0.497 e. The SMILES string of the molecule is CCCCCCCN(C)c1ccc(OC)cc1. The molecule has 0 saturated carbocycles. The van der Waals surface area contributed by atoms with Crippen LogP contribution in [0.3, 0.4) is 0 Å². The molecular weight excluding hydrogens is 210 g/mol. The van der Waals surface area contributed by atoms with E-state index in [-0.39, 0.29) is 0 Å². The molecule has 1 rings (SSSR count). The van der Waals surface area contributed by atoms with Gasteiger partial charge in [0.15, 0.2) is 0 Å². The molecular formula is C15H25NO. The number of ether oxygens (including phenoxy) is 1. The Kier molecular flexibility index (Phi) is 6.53. The Bertz CT molecular complexity index is 294. The van der Waals surface area contributed by atoms with Gasteiger partial charge in [-0.15, -0.1) is 0 Å². The minimum absolute atomic E-state index is 0.921. The molecule has 1 aromatic carbocycles. The van der Waals surface area contributed by atoms with E-state index in [1.54, 1.807) is 7.11 Å². The van der Waals surface area contributed by atoms with Gasteiger partial charge in [0.05, 0.1) is 7.11 Å². The maximum Gasteiger partial charge on any atom is 0.119 e. The molecule has 0 aromatic heterocycles. The highest BCUT2D eigenvalue weighted by Crippen LogP contribution is 2.18. The molecule has 0 unspecified atom stereocenters. The first kappa shape index (κ1) is 13.9. The lowest BCUT2D eigenvalue weighted by Crippen LogP contribution is -2.18. The van der Waals surface area contributed by atoms with E-state index in [0.29, 0.717) is 0 Å². The normalized spacial score (nSPS) is 10.3. The third kappa shape index (κ3) is 5.12. The Morgan fingerprint density at radius 1 is 1.00 bits per heavy atom. The fraction of sp³-hybridized carbons (Fsp3) is 0.600. The van der Waals surface area contributed by atoms with Crippen molar-refractivity contribution in [3.05, 3.63) is 24.3 Å². The first-order chi connectivity index (χ1) is 8.27. The molecule has 2 heteroatoms. The third-order valence-electron chi connectivity index (χ3n) is 3.11. The highest BCUT2D eigenvalue weighted by atomic mass is 16.5. The van der Waals surface area contributed by atoms with E-state index in [9.17, 15) is 0 Å². The van der Waals surface area contributed by atoms with E-state index in [1.165, 1.54) is 37.8 Å². The maximum atomic E-state index is 5.16. The van der Waals surface area contributed by atoms with Gasteiger partial charge >= 0.3 is 0 Å². The molecule has 96 valence electrons. The van der Waals surface area contributed by atoms with Gasteiger partial charge < -0.3 is 9.64 Å². The van der Waals surface area contributed by atoms with Crippen LogP contribution in [0.1, 0.15) is 39.0 Å². The summed E-state index contributed by atoms with van der Waals surface area (Å²) < 4.78 is 5.16. The van der Waals surface area contributed by atoms with Gasteiger partial charge in [-0.1, -0.05) is 32.6 Å². The topological polar surface area (TPSA) is 12.5 Å². The average Bonchev–Trinajstić information content (AvgIpc) is 2.38. The third-order valence-corrected chi connectivity index (χ3v) is 3.11. The first-order valence-corrected chi connectivity index (χ1v) is 6.63. The lowest BCUT2D eigenvalue weighted by molar-refractivity contribution is 0.415. The summed E-state index contributed by atoms with van der Waals surface area (Å²) in [4.78, 5) is 2.31. The van der Waals surface area contributed by atoms with Crippen molar-refractivity contribution in [3.8, 4) is 5.75 Å². The van der Waals surface area contributed by atoms with Gasteiger partial charge in [0, 0.05) is 19.3 Å². The fourth-order valence-corrected chi connectivity index (χ4v) is 1.92. The number of hydrogen-bond donors (Lipinski definition) is 0. The minimum atomic E-state index is 0.921. The summed E-state index contributed by atoms with van der Waals surface area (Å²) in [6.07, 6.45) is 6.67. The zero-order valence-corrected chi connectivity index (χ0v) is 11.4. The maximum absolute atomic E-state index is 5.16. The quantitative estimate of drug-likeness (QED) is 0.629. The Hall–Kier alpha value is -1.18. The summed E-state index contributed by atoms with van der Waals surface area (Å²) in [6, 6.07) is 8.27. The van der Waals surface area contributed by atoms with Crippen LogP contribution in [0.25, 0.3) is 0 Å². The van der Waals surface area contributed by atoms with Crippen LogP contribution in [0.5, 0.6) is 5.75 Å². The molecule has 0 N–H and O–H groups in total. The predicted molar refractivity (Wildman–Crippen MR) is 75.0 cm³/mol. The lowest BCUT2D eigenvalue weighted by Gasteiger charge is -2.19. The Labute approximate surface area is 106 Å². The van der Waals surface area contributed by atoms with Crippen molar-refractivity contribution < 1.29 is 4.74 Å². The van der Waals surface area contributed by atoms with E-state index in [2.05, 4.69) is 31.0 Å². The van der Waals surface area contributed by atoms with Crippen LogP contribution >= 0.6 is 0 Å². The highest BCUT2D eigenvalue weighted by Gasteiger charge is 2.00. The summed E-state index contributed by atoms with van der Waals surface area (Å²) in [7, 11) is 3.86. The molecule has 0 aliphatic heterocycles. The van der Waals surface area contributed by atoms with E-state index < -0.39 is 0 Å². The van der Waals surface area contributed by atoms with Crippen LogP contribution in [-0.2, 0) is 0 Å². The van der Waals surface area contributed by atoms with Gasteiger partial charge in [0.1, 0.15) is 5.75 Å². The molecule has 0 aliphatic carbocycles. The monoisotopic (exact) mass is 235 g/mol. The molecule has 0 aliphatic rings. The van der Waals surface area contributed by atoms with E-state index in [1.807, 2.05) is 12.1 Å². The largest absolute Gasteiger partial charge is 0.497 e. The summed E-state index contributed by atoms with van der Waals surface area (Å²) in [5.74, 6) is 0.921. The van der Waals surface area contributed by atoms with Crippen molar-refractivity contribution in [2.75, 3.05) is 25.6 Å². The summed E-state index contributed by atoms with van der Waals surface area (Å²) in [5, 5.41) is 0. The Balaban J connectivity index is 2.28. The van der Waals surface area contributed by atoms with Gasteiger partial charge in [0.25, 0.3) is 0 Å². The zero-order valence-electron chi connectivity index (χ0n) is 11.4. The molecule has 1 aromatic rings. The van der Waals surface area contributed by atoms with Crippen molar-refractivity contribution in [2.24, 2.45) is 0 Å². The van der Waals surface area contributed by atoms with Gasteiger partial charge in [-0.05, 0) is 30.7 Å². The molecule has 0 atom stereocenters. The zero-order chi connectivity index (χ0) is 12.5. The summed E-state index contributed by atoms with van der Waals surface area (Å²) in [5.41, 5.74) is 1.27. The Morgan fingerprint density at radius 2 is 1.65 bits per heavy atom. The molecule has 0 heterocycles. The predicted octanol–water partition coefficient (Wildman–Crippen LogP) is 4.10. The van der Waals surface area contributed by atoms with Gasteiger partial charge in [-0.25, -0.2) is 0 Å². The second-order valence-electron chi connectivity index (χ2n) is 4.53. The molecule has 0 saturated heterocycles. The Morgan fingerprint density at radius 3 is 2.24 bits per heavy atom. The van der Waals surface area contributed by atoms with Crippen LogP contribution in [0.2, 0.25) is 0 Å². The fourth-order valence-electron chi connectivity index (χ4n) is 1.92. The van der Waals surface area contributed by atoms with Crippen LogP contribution in [0.15, 0.2) is 24.3 Å². The molecule has 0 fully saturated rings. The van der Waals surface area contributed by atoms with E-state index in [0.717, 1.165) is 12.3 Å². The molecule has 17 heavy (non-hydrogen) atoms. The number of unbranched alkanes of at least 4 members (excludes halogenated alkanes) is 4. The van der Waals surface area contributed by atoms with Crippen LogP contribution < -0.4 is 9.64 Å². The van der Waals surface area contributed by atoms with Crippen LogP contribution in [0, 0.1) is 0 Å². The second kappa shape index (κ2) is 7.99. The van der Waals surface area contributed by atoms with Crippen molar-refractivity contribution in [1.82, 2.24) is 0 Å². The van der Waals surface area contributed by atoms with Gasteiger partial charge in [-0.2, -0.15) is 0 Å². The standard InChI is InChI=1S/C15H25NO/c1-4-5-6-7-8-13-16(2)14-9-11-15(17-3)12-10-14/h9-12H,4-8,13H2,1-3H3. The van der Waals surface area contributed by atoms with E-state index >= 15 is 0 Å². The number of nitrogens with zero attached hydrogens (tertiary/aromatic N) is 1. The number of hydrogen-bond acceptors (Lipinski definition) is 2. The number of anilines is 1. The van der Waals surface area contributed by atoms with Crippen LogP contribution in [-0.4, -0.2) is 20.7 Å². The second-order valence-corrected chi connectivity index (χ2v) is 4.53. The molecule has 0 bridgehead atoms. The van der Waals surface area contributed by atoms with Crippen molar-refractivity contribution in [2.45, 2.75) is 39.0 Å². The van der Waals surface area contributed by atoms with Crippen molar-refractivity contribution >= 4 is 5.69 Å². The first-order valence-electron chi connectivity index (χ1n) is 6.63. The summed E-state index contributed by atoms with van der Waals surface area (Å²) in [6.45, 7) is 3.39. The highest BCUT2D eigenvalue weighted by molar-refractivity contribution is 5.48. The molecule has 0 amide bonds. The number of methoxy groups -OCH3 is 1. The van der Waals surface area contributed by atoms with Gasteiger partial charge in [0.2, 0.25) is 0 Å².